The van der Waals surface area contributed by atoms with E-state index in [1.165, 1.54) is 0 Å². The zero-order chi connectivity index (χ0) is 17.3. The smallest absolute Gasteiger partial charge is 0.229 e. The first-order valence-corrected chi connectivity index (χ1v) is 8.26. The molecule has 4 nitrogen and oxygen atoms in total. The van der Waals surface area contributed by atoms with Gasteiger partial charge in [-0.1, -0.05) is 35.4 Å². The van der Waals surface area contributed by atoms with E-state index < -0.39 is 0 Å². The lowest BCUT2D eigenvalue weighted by atomic mass is 10.1. The highest BCUT2D eigenvalue weighted by molar-refractivity contribution is 6.31. The van der Waals surface area contributed by atoms with Gasteiger partial charge in [-0.3, -0.25) is 9.59 Å². The van der Waals surface area contributed by atoms with Crippen molar-refractivity contribution in [1.29, 1.82) is 0 Å². The molecule has 1 fully saturated rings. The molecule has 0 unspecified atom stereocenters. The van der Waals surface area contributed by atoms with Gasteiger partial charge in [-0.2, -0.15) is 0 Å². The maximum atomic E-state index is 12.5. The molecule has 0 bridgehead atoms. The van der Waals surface area contributed by atoms with E-state index in [-0.39, 0.29) is 24.2 Å². The number of rotatable bonds is 3. The van der Waals surface area contributed by atoms with E-state index in [2.05, 4.69) is 5.32 Å². The van der Waals surface area contributed by atoms with Gasteiger partial charge in [0.25, 0.3) is 0 Å². The molecule has 0 spiro atoms. The zero-order valence-electron chi connectivity index (χ0n) is 13.7. The number of nitrogens with one attached hydrogen (secondary N) is 1. The molecule has 5 heteroatoms. The third-order valence-corrected chi connectivity index (χ3v) is 4.78. The van der Waals surface area contributed by atoms with Gasteiger partial charge >= 0.3 is 0 Å². The second-order valence-electron chi connectivity index (χ2n) is 6.14. The molecule has 3 rings (SSSR count). The zero-order valence-corrected chi connectivity index (χ0v) is 14.4. The number of aryl methyl sites for hydroxylation is 1. The summed E-state index contributed by atoms with van der Waals surface area (Å²) in [5, 5.41) is 3.50. The molecule has 1 heterocycles. The first-order valence-electron chi connectivity index (χ1n) is 7.88. The van der Waals surface area contributed by atoms with Gasteiger partial charge in [0, 0.05) is 29.4 Å². The predicted octanol–water partition coefficient (Wildman–Crippen LogP) is 3.95. The number of hydrogen-bond donors (Lipinski definition) is 1. The highest BCUT2D eigenvalue weighted by atomic mass is 35.5. The Bertz CT molecular complexity index is 786. The van der Waals surface area contributed by atoms with Crippen molar-refractivity contribution in [1.82, 2.24) is 0 Å². The first kappa shape index (κ1) is 16.5. The van der Waals surface area contributed by atoms with E-state index in [1.54, 1.807) is 17.0 Å². The van der Waals surface area contributed by atoms with Crippen molar-refractivity contribution in [2.45, 2.75) is 20.3 Å². The average molecular weight is 343 g/mol. The van der Waals surface area contributed by atoms with E-state index in [9.17, 15) is 9.59 Å². The van der Waals surface area contributed by atoms with Crippen molar-refractivity contribution < 1.29 is 9.59 Å². The van der Waals surface area contributed by atoms with Crippen LogP contribution >= 0.6 is 11.6 Å². The van der Waals surface area contributed by atoms with Crippen LogP contribution in [0.3, 0.4) is 0 Å². The molecular formula is C19H19ClN2O2. The topological polar surface area (TPSA) is 49.4 Å². The Hall–Kier alpha value is -2.33. The molecule has 2 aromatic carbocycles. The normalized spacial score (nSPS) is 17.2. The molecule has 1 saturated heterocycles. The van der Waals surface area contributed by atoms with Crippen molar-refractivity contribution in [3.63, 3.8) is 0 Å². The lowest BCUT2D eigenvalue weighted by Gasteiger charge is -2.17. The molecule has 124 valence electrons. The molecule has 1 aliphatic rings. The van der Waals surface area contributed by atoms with Crippen molar-refractivity contribution in [3.05, 3.63) is 58.6 Å². The standard InChI is InChI=1S/C19H19ClN2O2/c1-12-6-8-15(9-7-12)22-11-14(10-18(22)23)19(24)21-17-5-3-4-16(20)13(17)2/h3-9,14H,10-11H2,1-2H3,(H,21,24)/t14-/m1/s1. The second kappa shape index (κ2) is 6.65. The van der Waals surface area contributed by atoms with E-state index >= 15 is 0 Å². The molecule has 0 aromatic heterocycles. The van der Waals surface area contributed by atoms with Gasteiger partial charge in [-0.25, -0.2) is 0 Å². The third-order valence-electron chi connectivity index (χ3n) is 4.37. The van der Waals surface area contributed by atoms with Crippen molar-refractivity contribution in [2.75, 3.05) is 16.8 Å². The third kappa shape index (κ3) is 3.29. The summed E-state index contributed by atoms with van der Waals surface area (Å²) in [5.41, 5.74) is 3.48. The Balaban J connectivity index is 1.72. The molecule has 2 aromatic rings. The average Bonchev–Trinajstić information content (AvgIpc) is 2.94. The molecule has 0 saturated carbocycles. The fraction of sp³-hybridized carbons (Fsp3) is 0.263. The number of halogens is 1. The number of carbonyl (C=O) groups is 2. The molecule has 1 N–H and O–H groups in total. The van der Waals surface area contributed by atoms with Gasteiger partial charge < -0.3 is 10.2 Å². The van der Waals surface area contributed by atoms with E-state index in [1.807, 2.05) is 44.2 Å². The van der Waals surface area contributed by atoms with Crippen LogP contribution < -0.4 is 10.2 Å². The van der Waals surface area contributed by atoms with Crippen LogP contribution in [0.1, 0.15) is 17.5 Å². The minimum absolute atomic E-state index is 0.0261. The van der Waals surface area contributed by atoms with Gasteiger partial charge in [0.1, 0.15) is 0 Å². The lowest BCUT2D eigenvalue weighted by Crippen LogP contribution is -2.28. The molecule has 0 radical (unpaired) electrons. The second-order valence-corrected chi connectivity index (χ2v) is 6.55. The Morgan fingerprint density at radius 3 is 2.58 bits per heavy atom. The SMILES string of the molecule is Cc1ccc(N2C[C@H](C(=O)Nc3cccc(Cl)c3C)CC2=O)cc1. The maximum absolute atomic E-state index is 12.5. The van der Waals surface area contributed by atoms with Crippen molar-refractivity contribution >= 4 is 34.8 Å². The number of anilines is 2. The Kier molecular flexibility index (Phi) is 4.58. The van der Waals surface area contributed by atoms with Crippen LogP contribution in [0.4, 0.5) is 11.4 Å². The van der Waals surface area contributed by atoms with E-state index in [0.717, 1.165) is 16.8 Å². The van der Waals surface area contributed by atoms with Crippen LogP contribution in [0.15, 0.2) is 42.5 Å². The van der Waals surface area contributed by atoms with Gasteiger partial charge in [0.15, 0.2) is 0 Å². The van der Waals surface area contributed by atoms with Crippen LogP contribution in [0.2, 0.25) is 5.02 Å². The summed E-state index contributed by atoms with van der Waals surface area (Å²) in [5.74, 6) is -0.540. The summed E-state index contributed by atoms with van der Waals surface area (Å²) < 4.78 is 0. The molecule has 2 amide bonds. The molecule has 1 aliphatic heterocycles. The van der Waals surface area contributed by atoms with Crippen molar-refractivity contribution in [3.8, 4) is 0 Å². The summed E-state index contributed by atoms with van der Waals surface area (Å²) in [7, 11) is 0. The highest BCUT2D eigenvalue weighted by Gasteiger charge is 2.35. The summed E-state index contributed by atoms with van der Waals surface area (Å²) in [6, 6.07) is 13.1. The molecule has 0 aliphatic carbocycles. The Morgan fingerprint density at radius 2 is 1.88 bits per heavy atom. The molecule has 1 atom stereocenters. The highest BCUT2D eigenvalue weighted by Crippen LogP contribution is 2.28. The van der Waals surface area contributed by atoms with Crippen LogP contribution in [0.25, 0.3) is 0 Å². The molecular weight excluding hydrogens is 324 g/mol. The number of carbonyl (C=O) groups excluding carboxylic acids is 2. The van der Waals surface area contributed by atoms with Gasteiger partial charge in [0.05, 0.1) is 5.92 Å². The van der Waals surface area contributed by atoms with Gasteiger partial charge in [0.2, 0.25) is 11.8 Å². The fourth-order valence-electron chi connectivity index (χ4n) is 2.84. The summed E-state index contributed by atoms with van der Waals surface area (Å²) >= 11 is 6.08. The largest absolute Gasteiger partial charge is 0.325 e. The Morgan fingerprint density at radius 1 is 1.17 bits per heavy atom. The lowest BCUT2D eigenvalue weighted by molar-refractivity contribution is -0.122. The van der Waals surface area contributed by atoms with E-state index in [0.29, 0.717) is 17.3 Å². The Labute approximate surface area is 146 Å². The number of nitrogens with zero attached hydrogens (tertiary/aromatic N) is 1. The van der Waals surface area contributed by atoms with E-state index in [4.69, 9.17) is 11.6 Å². The summed E-state index contributed by atoms with van der Waals surface area (Å²) in [6.07, 6.45) is 0.222. The number of amides is 2. The van der Waals surface area contributed by atoms with Gasteiger partial charge in [-0.15, -0.1) is 0 Å². The summed E-state index contributed by atoms with van der Waals surface area (Å²) in [6.45, 7) is 4.25. The van der Waals surface area contributed by atoms with Crippen LogP contribution in [0.5, 0.6) is 0 Å². The quantitative estimate of drug-likeness (QED) is 0.918. The fourth-order valence-corrected chi connectivity index (χ4v) is 3.01. The molecule has 24 heavy (non-hydrogen) atoms. The monoisotopic (exact) mass is 342 g/mol. The van der Waals surface area contributed by atoms with Crippen LogP contribution in [-0.4, -0.2) is 18.4 Å². The summed E-state index contributed by atoms with van der Waals surface area (Å²) in [4.78, 5) is 26.5. The predicted molar refractivity (Wildman–Crippen MR) is 96.5 cm³/mol. The minimum atomic E-state index is -0.364. The minimum Gasteiger partial charge on any atom is -0.325 e. The number of hydrogen-bond acceptors (Lipinski definition) is 2. The van der Waals surface area contributed by atoms with Crippen LogP contribution in [-0.2, 0) is 9.59 Å². The van der Waals surface area contributed by atoms with Gasteiger partial charge in [-0.05, 0) is 43.7 Å². The first-order chi connectivity index (χ1) is 11.5. The number of benzene rings is 2. The maximum Gasteiger partial charge on any atom is 0.229 e. The van der Waals surface area contributed by atoms with Crippen molar-refractivity contribution in [2.24, 2.45) is 5.92 Å². The van der Waals surface area contributed by atoms with Crippen LogP contribution in [0, 0.1) is 19.8 Å².